The molecule has 5 rings (SSSR count). The Labute approximate surface area is 168 Å². The van der Waals surface area contributed by atoms with Crippen molar-refractivity contribution >= 4 is 33.7 Å². The molecule has 2 aromatic heterocycles. The van der Waals surface area contributed by atoms with Crippen LogP contribution in [-0.2, 0) is 25.9 Å². The first-order valence-electron chi connectivity index (χ1n) is 10.1. The maximum Gasteiger partial charge on any atom is 0.251 e. The highest BCUT2D eigenvalue weighted by atomic mass is 16.1. The van der Waals surface area contributed by atoms with E-state index in [0.717, 1.165) is 35.9 Å². The summed E-state index contributed by atoms with van der Waals surface area (Å²) in [5.74, 6) is 0.203. The molecule has 0 unspecified atom stereocenters. The monoisotopic (exact) mass is 385 g/mol. The summed E-state index contributed by atoms with van der Waals surface area (Å²) >= 11 is 0. The first-order chi connectivity index (χ1) is 14.1. The molecule has 4 aromatic rings. The van der Waals surface area contributed by atoms with Crippen LogP contribution in [0.15, 0.2) is 42.6 Å². The van der Waals surface area contributed by atoms with Crippen LogP contribution >= 0.6 is 0 Å². The Morgan fingerprint density at radius 3 is 2.97 bits per heavy atom. The van der Waals surface area contributed by atoms with Crippen LogP contribution in [0.5, 0.6) is 0 Å². The highest BCUT2D eigenvalue weighted by Crippen LogP contribution is 2.33. The Hall–Kier alpha value is -3.41. The number of nitrogens with zero attached hydrogens (tertiary/aromatic N) is 3. The zero-order chi connectivity index (χ0) is 20.0. The average molecular weight is 385 g/mol. The van der Waals surface area contributed by atoms with E-state index in [1.165, 1.54) is 28.6 Å². The molecule has 0 saturated carbocycles. The first kappa shape index (κ1) is 17.7. The van der Waals surface area contributed by atoms with Crippen molar-refractivity contribution in [3.05, 3.63) is 65.0 Å². The van der Waals surface area contributed by atoms with Gasteiger partial charge < -0.3 is 15.6 Å². The number of rotatable bonds is 4. The molecule has 146 valence electrons. The fraction of sp³-hybridized carbons (Fsp3) is 0.261. The minimum Gasteiger partial charge on any atom is -0.368 e. The molecule has 0 radical (unpaired) electrons. The largest absolute Gasteiger partial charge is 0.368 e. The summed E-state index contributed by atoms with van der Waals surface area (Å²) in [5, 5.41) is 5.17. The maximum absolute atomic E-state index is 12.8. The zero-order valence-electron chi connectivity index (χ0n) is 16.4. The number of nitrogen functional groups attached to an aromatic ring is 1. The third-order valence-corrected chi connectivity index (χ3v) is 5.82. The molecule has 0 spiro atoms. The van der Waals surface area contributed by atoms with Gasteiger partial charge in [0.05, 0.1) is 5.52 Å². The molecule has 0 atom stereocenters. The van der Waals surface area contributed by atoms with Gasteiger partial charge in [0, 0.05) is 46.8 Å². The van der Waals surface area contributed by atoms with Crippen molar-refractivity contribution in [2.24, 2.45) is 0 Å². The third-order valence-electron chi connectivity index (χ3n) is 5.82. The number of amides is 1. The Morgan fingerprint density at radius 1 is 1.21 bits per heavy atom. The fourth-order valence-corrected chi connectivity index (χ4v) is 4.47. The smallest absolute Gasteiger partial charge is 0.251 e. The second-order valence-electron chi connectivity index (χ2n) is 7.56. The number of hydrogen-bond acceptors (Lipinski definition) is 4. The SMILES string of the molecule is CCn1c2c(c3cc(C(=O)NCc4ccc5nc(N)ncc5c4)ccc31)CCC2. The Bertz CT molecular complexity index is 1260. The number of hydrogen-bond donors (Lipinski definition) is 2. The Balaban J connectivity index is 1.38. The average Bonchev–Trinajstić information content (AvgIpc) is 3.32. The number of anilines is 1. The van der Waals surface area contributed by atoms with Crippen LogP contribution in [0.1, 0.15) is 40.5 Å². The molecule has 6 heteroatoms. The topological polar surface area (TPSA) is 85.8 Å². The van der Waals surface area contributed by atoms with E-state index in [9.17, 15) is 4.79 Å². The molecule has 1 aliphatic carbocycles. The van der Waals surface area contributed by atoms with Gasteiger partial charge in [0.15, 0.2) is 0 Å². The number of aromatic nitrogens is 3. The number of nitrogens with two attached hydrogens (primary N) is 1. The second-order valence-corrected chi connectivity index (χ2v) is 7.56. The minimum absolute atomic E-state index is 0.0588. The van der Waals surface area contributed by atoms with Crippen molar-refractivity contribution in [3.8, 4) is 0 Å². The number of nitrogens with one attached hydrogen (secondary N) is 1. The van der Waals surface area contributed by atoms with E-state index < -0.39 is 0 Å². The quantitative estimate of drug-likeness (QED) is 0.562. The molecule has 29 heavy (non-hydrogen) atoms. The molecule has 0 saturated heterocycles. The Morgan fingerprint density at radius 2 is 2.10 bits per heavy atom. The van der Waals surface area contributed by atoms with Crippen molar-refractivity contribution in [2.45, 2.75) is 39.3 Å². The number of carbonyl (C=O) groups excluding carboxylic acids is 1. The predicted molar refractivity (Wildman–Crippen MR) is 115 cm³/mol. The summed E-state index contributed by atoms with van der Waals surface area (Å²) in [5.41, 5.74) is 12.2. The molecular weight excluding hydrogens is 362 g/mol. The van der Waals surface area contributed by atoms with Crippen molar-refractivity contribution in [1.29, 1.82) is 0 Å². The molecular formula is C23H23N5O. The van der Waals surface area contributed by atoms with Crippen LogP contribution in [0.25, 0.3) is 21.8 Å². The first-order valence-corrected chi connectivity index (χ1v) is 10.1. The number of benzene rings is 2. The maximum atomic E-state index is 12.8. The summed E-state index contributed by atoms with van der Waals surface area (Å²) in [7, 11) is 0. The number of fused-ring (bicyclic) bond motifs is 4. The van der Waals surface area contributed by atoms with Crippen molar-refractivity contribution in [1.82, 2.24) is 19.9 Å². The fourth-order valence-electron chi connectivity index (χ4n) is 4.47. The van der Waals surface area contributed by atoms with Crippen molar-refractivity contribution < 1.29 is 4.79 Å². The summed E-state index contributed by atoms with van der Waals surface area (Å²) < 4.78 is 2.39. The van der Waals surface area contributed by atoms with Gasteiger partial charge in [-0.15, -0.1) is 0 Å². The van der Waals surface area contributed by atoms with E-state index in [4.69, 9.17) is 5.73 Å². The van der Waals surface area contributed by atoms with Gasteiger partial charge in [-0.05, 0) is 67.6 Å². The van der Waals surface area contributed by atoms with Gasteiger partial charge >= 0.3 is 0 Å². The highest BCUT2D eigenvalue weighted by Gasteiger charge is 2.21. The van der Waals surface area contributed by atoms with Gasteiger partial charge in [0.25, 0.3) is 5.91 Å². The van der Waals surface area contributed by atoms with Crippen molar-refractivity contribution in [3.63, 3.8) is 0 Å². The van der Waals surface area contributed by atoms with E-state index >= 15 is 0 Å². The molecule has 2 aromatic carbocycles. The second kappa shape index (κ2) is 6.88. The lowest BCUT2D eigenvalue weighted by molar-refractivity contribution is 0.0951. The molecule has 0 bridgehead atoms. The number of aryl methyl sites for hydroxylation is 2. The van der Waals surface area contributed by atoms with Crippen LogP contribution < -0.4 is 11.1 Å². The predicted octanol–water partition coefficient (Wildman–Crippen LogP) is 3.61. The van der Waals surface area contributed by atoms with Gasteiger partial charge in [0.2, 0.25) is 5.95 Å². The lowest BCUT2D eigenvalue weighted by Crippen LogP contribution is -2.22. The molecule has 0 aliphatic heterocycles. The van der Waals surface area contributed by atoms with Gasteiger partial charge in [-0.1, -0.05) is 6.07 Å². The van der Waals surface area contributed by atoms with Gasteiger partial charge in [-0.2, -0.15) is 0 Å². The van der Waals surface area contributed by atoms with Crippen LogP contribution in [0.3, 0.4) is 0 Å². The van der Waals surface area contributed by atoms with E-state index in [1.54, 1.807) is 6.20 Å². The summed E-state index contributed by atoms with van der Waals surface area (Å²) in [4.78, 5) is 21.0. The van der Waals surface area contributed by atoms with E-state index in [1.807, 2.05) is 24.3 Å². The molecule has 6 nitrogen and oxygen atoms in total. The van der Waals surface area contributed by atoms with E-state index in [-0.39, 0.29) is 11.9 Å². The number of carbonyl (C=O) groups is 1. The third kappa shape index (κ3) is 3.01. The Kier molecular flexibility index (Phi) is 4.19. The van der Waals surface area contributed by atoms with Crippen molar-refractivity contribution in [2.75, 3.05) is 5.73 Å². The molecule has 3 N–H and O–H groups in total. The van der Waals surface area contributed by atoms with Crippen LogP contribution in [0.2, 0.25) is 0 Å². The molecule has 2 heterocycles. The van der Waals surface area contributed by atoms with Crippen LogP contribution in [0.4, 0.5) is 5.95 Å². The standard InChI is InChI=1S/C23H23N5O/c1-2-28-20-5-3-4-17(20)18-11-15(7-9-21(18)28)22(29)25-12-14-6-8-19-16(10-14)13-26-23(24)27-19/h6-11,13H,2-5,12H2,1H3,(H,25,29)(H2,24,26,27). The van der Waals surface area contributed by atoms with E-state index in [0.29, 0.717) is 12.1 Å². The summed E-state index contributed by atoms with van der Waals surface area (Å²) in [6, 6.07) is 11.9. The molecule has 0 fully saturated rings. The zero-order valence-corrected chi connectivity index (χ0v) is 16.4. The molecule has 1 aliphatic rings. The molecule has 1 amide bonds. The lowest BCUT2D eigenvalue weighted by atomic mass is 10.1. The van der Waals surface area contributed by atoms with Gasteiger partial charge in [-0.3, -0.25) is 4.79 Å². The normalized spacial score (nSPS) is 13.1. The lowest BCUT2D eigenvalue weighted by Gasteiger charge is -2.08. The van der Waals surface area contributed by atoms with Gasteiger partial charge in [0.1, 0.15) is 0 Å². The van der Waals surface area contributed by atoms with Gasteiger partial charge in [-0.25, -0.2) is 9.97 Å². The highest BCUT2D eigenvalue weighted by molar-refractivity contribution is 5.99. The summed E-state index contributed by atoms with van der Waals surface area (Å²) in [6.45, 7) is 3.60. The van der Waals surface area contributed by atoms with E-state index in [2.05, 4.69) is 38.9 Å². The van der Waals surface area contributed by atoms with Crippen LogP contribution in [-0.4, -0.2) is 20.4 Å². The minimum atomic E-state index is -0.0588. The van der Waals surface area contributed by atoms with Crippen LogP contribution in [0, 0.1) is 0 Å². The summed E-state index contributed by atoms with van der Waals surface area (Å²) in [6.07, 6.45) is 5.15.